The molecule has 1 amide bonds. The summed E-state index contributed by atoms with van der Waals surface area (Å²) in [6.45, 7) is 3.96. The van der Waals surface area contributed by atoms with Gasteiger partial charge in [-0.25, -0.2) is 0 Å². The smallest absolute Gasteiger partial charge is 0.264 e. The van der Waals surface area contributed by atoms with Crippen molar-refractivity contribution in [2.24, 2.45) is 11.8 Å². The van der Waals surface area contributed by atoms with Gasteiger partial charge in [0.1, 0.15) is 11.4 Å². The molecule has 140 valence electrons. The first-order valence-electron chi connectivity index (χ1n) is 9.99. The zero-order valence-corrected chi connectivity index (χ0v) is 15.2. The van der Waals surface area contributed by atoms with E-state index in [4.69, 9.17) is 14.2 Å². The number of ether oxygens (including phenoxy) is 3. The number of benzene rings is 1. The zero-order chi connectivity index (χ0) is 17.6. The number of likely N-dealkylation sites (tertiary alicyclic amines) is 1. The maximum Gasteiger partial charge on any atom is 0.264 e. The third-order valence-corrected chi connectivity index (χ3v) is 6.41. The lowest BCUT2D eigenvalue weighted by atomic mass is 9.79. The van der Waals surface area contributed by atoms with E-state index in [1.807, 2.05) is 29.2 Å². The number of hydrogen-bond donors (Lipinski definition) is 0. The van der Waals surface area contributed by atoms with E-state index >= 15 is 0 Å². The normalized spacial score (nSPS) is 28.7. The van der Waals surface area contributed by atoms with Crippen molar-refractivity contribution >= 4 is 5.91 Å². The highest BCUT2D eigenvalue weighted by Crippen LogP contribution is 2.42. The molecule has 2 atom stereocenters. The van der Waals surface area contributed by atoms with Gasteiger partial charge in [-0.1, -0.05) is 18.2 Å². The molecular formula is C21H27NO4. The molecule has 1 spiro atoms. The van der Waals surface area contributed by atoms with Crippen molar-refractivity contribution in [2.75, 3.05) is 32.9 Å². The maximum atomic E-state index is 12.8. The van der Waals surface area contributed by atoms with Crippen molar-refractivity contribution in [3.05, 3.63) is 29.8 Å². The molecule has 2 saturated heterocycles. The van der Waals surface area contributed by atoms with Crippen molar-refractivity contribution in [3.8, 4) is 5.75 Å². The molecule has 4 aliphatic rings. The quantitative estimate of drug-likeness (QED) is 0.734. The number of nitrogens with zero attached hydrogens (tertiary/aromatic N) is 1. The van der Waals surface area contributed by atoms with Gasteiger partial charge in [0, 0.05) is 26.2 Å². The van der Waals surface area contributed by atoms with Crippen LogP contribution in [0.1, 0.15) is 31.2 Å². The standard InChI is InChI=1S/C21H27NO4/c23-20(19-11-16-3-1-2-4-18(16)26-19)22-13-21(14-22)17(8-10-25-21)7-9-24-12-15-5-6-15/h1-4,15,17,19H,5-14H2/t17-,19+/m1/s1. The Labute approximate surface area is 154 Å². The molecule has 0 bridgehead atoms. The topological polar surface area (TPSA) is 48.0 Å². The van der Waals surface area contributed by atoms with Crippen molar-refractivity contribution in [2.45, 2.75) is 43.8 Å². The Morgan fingerprint density at radius 2 is 2.08 bits per heavy atom. The highest BCUT2D eigenvalue weighted by molar-refractivity contribution is 5.83. The van der Waals surface area contributed by atoms with Crippen LogP contribution in [0.5, 0.6) is 5.75 Å². The minimum absolute atomic E-state index is 0.103. The predicted octanol–water partition coefficient (Wildman–Crippen LogP) is 2.42. The highest BCUT2D eigenvalue weighted by atomic mass is 16.5. The molecule has 1 aromatic carbocycles. The summed E-state index contributed by atoms with van der Waals surface area (Å²) in [5.74, 6) is 2.28. The van der Waals surface area contributed by atoms with Crippen LogP contribution in [0.4, 0.5) is 0 Å². The Hall–Kier alpha value is -1.59. The van der Waals surface area contributed by atoms with Crippen LogP contribution in [0.25, 0.3) is 0 Å². The van der Waals surface area contributed by atoms with Crippen LogP contribution in [-0.4, -0.2) is 55.4 Å². The minimum atomic E-state index is -0.369. The molecular weight excluding hydrogens is 330 g/mol. The Morgan fingerprint density at radius 3 is 2.88 bits per heavy atom. The Balaban J connectivity index is 1.13. The largest absolute Gasteiger partial charge is 0.480 e. The molecule has 3 fully saturated rings. The fourth-order valence-electron chi connectivity index (χ4n) is 4.58. The monoisotopic (exact) mass is 357 g/mol. The van der Waals surface area contributed by atoms with Gasteiger partial charge in [-0.05, 0) is 49.1 Å². The Kier molecular flexibility index (Phi) is 4.17. The minimum Gasteiger partial charge on any atom is -0.480 e. The molecule has 3 aliphatic heterocycles. The molecule has 0 aromatic heterocycles. The first kappa shape index (κ1) is 16.6. The first-order chi connectivity index (χ1) is 12.7. The number of hydrogen-bond acceptors (Lipinski definition) is 4. The number of para-hydroxylation sites is 1. The van der Waals surface area contributed by atoms with Crippen LogP contribution >= 0.6 is 0 Å². The van der Waals surface area contributed by atoms with Gasteiger partial charge in [-0.3, -0.25) is 4.79 Å². The summed E-state index contributed by atoms with van der Waals surface area (Å²) in [6.07, 6.45) is 5.10. The molecule has 1 aromatic rings. The number of carbonyl (C=O) groups excluding carboxylic acids is 1. The van der Waals surface area contributed by atoms with Crippen LogP contribution < -0.4 is 4.74 Å². The number of carbonyl (C=O) groups is 1. The third-order valence-electron chi connectivity index (χ3n) is 6.41. The van der Waals surface area contributed by atoms with Gasteiger partial charge < -0.3 is 19.1 Å². The van der Waals surface area contributed by atoms with Gasteiger partial charge >= 0.3 is 0 Å². The van der Waals surface area contributed by atoms with E-state index in [0.717, 1.165) is 49.9 Å². The average molecular weight is 357 g/mol. The van der Waals surface area contributed by atoms with E-state index in [-0.39, 0.29) is 17.6 Å². The van der Waals surface area contributed by atoms with E-state index < -0.39 is 0 Å². The SMILES string of the molecule is O=C([C@@H]1Cc2ccccc2O1)N1CC2(C1)OCC[C@H]2CCOCC1CC1. The van der Waals surface area contributed by atoms with E-state index in [1.54, 1.807) is 0 Å². The van der Waals surface area contributed by atoms with Crippen LogP contribution in [0.2, 0.25) is 0 Å². The van der Waals surface area contributed by atoms with Gasteiger partial charge in [0.2, 0.25) is 0 Å². The second-order valence-electron chi connectivity index (χ2n) is 8.32. The third kappa shape index (κ3) is 3.01. The van der Waals surface area contributed by atoms with Crippen LogP contribution in [-0.2, 0) is 20.7 Å². The molecule has 5 rings (SSSR count). The van der Waals surface area contributed by atoms with Crippen molar-refractivity contribution in [1.82, 2.24) is 4.90 Å². The summed E-state index contributed by atoms with van der Waals surface area (Å²) in [4.78, 5) is 14.7. The number of rotatable bonds is 6. The summed E-state index contributed by atoms with van der Waals surface area (Å²) >= 11 is 0. The number of fused-ring (bicyclic) bond motifs is 1. The van der Waals surface area contributed by atoms with Crippen LogP contribution in [0, 0.1) is 11.8 Å². The molecule has 0 N–H and O–H groups in total. The highest BCUT2D eigenvalue weighted by Gasteiger charge is 2.55. The van der Waals surface area contributed by atoms with Crippen LogP contribution in [0.15, 0.2) is 24.3 Å². The summed E-state index contributed by atoms with van der Waals surface area (Å²) in [6, 6.07) is 7.93. The second kappa shape index (κ2) is 6.54. The van der Waals surface area contributed by atoms with Gasteiger partial charge in [-0.2, -0.15) is 0 Å². The fourth-order valence-corrected chi connectivity index (χ4v) is 4.58. The zero-order valence-electron chi connectivity index (χ0n) is 15.2. The molecule has 0 unspecified atom stereocenters. The maximum absolute atomic E-state index is 12.8. The van der Waals surface area contributed by atoms with Gasteiger partial charge in [0.25, 0.3) is 5.91 Å². The van der Waals surface area contributed by atoms with E-state index in [9.17, 15) is 4.79 Å². The molecule has 1 aliphatic carbocycles. The lowest BCUT2D eigenvalue weighted by Crippen LogP contribution is -2.67. The van der Waals surface area contributed by atoms with Gasteiger partial charge in [0.05, 0.1) is 13.1 Å². The molecule has 5 heteroatoms. The molecule has 26 heavy (non-hydrogen) atoms. The predicted molar refractivity (Wildman–Crippen MR) is 96.1 cm³/mol. The lowest BCUT2D eigenvalue weighted by Gasteiger charge is -2.50. The van der Waals surface area contributed by atoms with E-state index in [0.29, 0.717) is 25.4 Å². The summed E-state index contributed by atoms with van der Waals surface area (Å²) in [7, 11) is 0. The molecule has 0 radical (unpaired) electrons. The second-order valence-corrected chi connectivity index (χ2v) is 8.32. The molecule has 3 heterocycles. The van der Waals surface area contributed by atoms with Crippen molar-refractivity contribution in [3.63, 3.8) is 0 Å². The fraction of sp³-hybridized carbons (Fsp3) is 0.667. The van der Waals surface area contributed by atoms with E-state index in [2.05, 4.69) is 0 Å². The number of amides is 1. The average Bonchev–Trinajstić information content (AvgIpc) is 3.18. The molecule has 1 saturated carbocycles. The van der Waals surface area contributed by atoms with Crippen molar-refractivity contribution in [1.29, 1.82) is 0 Å². The molecule has 5 nitrogen and oxygen atoms in total. The Bertz CT molecular complexity index is 655. The summed E-state index contributed by atoms with van der Waals surface area (Å²) in [5, 5.41) is 0. The Morgan fingerprint density at radius 1 is 1.23 bits per heavy atom. The summed E-state index contributed by atoms with van der Waals surface area (Å²) < 4.78 is 17.8. The van der Waals surface area contributed by atoms with Gasteiger partial charge in [0.15, 0.2) is 6.10 Å². The van der Waals surface area contributed by atoms with E-state index in [1.165, 1.54) is 12.8 Å². The lowest BCUT2D eigenvalue weighted by molar-refractivity contribution is -0.171. The van der Waals surface area contributed by atoms with Crippen molar-refractivity contribution < 1.29 is 19.0 Å². The van der Waals surface area contributed by atoms with Gasteiger partial charge in [-0.15, -0.1) is 0 Å². The first-order valence-corrected chi connectivity index (χ1v) is 9.99. The summed E-state index contributed by atoms with van der Waals surface area (Å²) in [5.41, 5.74) is 0.994. The van der Waals surface area contributed by atoms with Crippen LogP contribution in [0.3, 0.4) is 0 Å².